The van der Waals surface area contributed by atoms with Crippen LogP contribution in [0, 0.1) is 5.82 Å². The van der Waals surface area contributed by atoms with E-state index < -0.39 is 5.82 Å². The van der Waals surface area contributed by atoms with Gasteiger partial charge in [-0.25, -0.2) is 4.39 Å². The molecule has 19 heavy (non-hydrogen) atoms. The van der Waals surface area contributed by atoms with Crippen LogP contribution in [0.1, 0.15) is 23.2 Å². The molecule has 3 nitrogen and oxygen atoms in total. The lowest BCUT2D eigenvalue weighted by Gasteiger charge is -2.21. The van der Waals surface area contributed by atoms with E-state index in [0.29, 0.717) is 11.6 Å². The highest BCUT2D eigenvalue weighted by Crippen LogP contribution is 2.16. The second-order valence-electron chi connectivity index (χ2n) is 4.90. The molecule has 0 radical (unpaired) electrons. The summed E-state index contributed by atoms with van der Waals surface area (Å²) in [6.45, 7) is 3.62. The third-order valence-corrected chi connectivity index (χ3v) is 3.69. The Kier molecular flexibility index (Phi) is 4.77. The molecule has 1 aliphatic rings. The third-order valence-electron chi connectivity index (χ3n) is 3.46. The Morgan fingerprint density at radius 2 is 2.11 bits per heavy atom. The number of rotatable bonds is 4. The summed E-state index contributed by atoms with van der Waals surface area (Å²) >= 11 is 5.80. The normalized spacial score (nSPS) is 15.7. The minimum absolute atomic E-state index is 0.0384. The molecule has 0 saturated carbocycles. The standard InChI is InChI=1S/C14H18ClFN2O/c1-17(8-9-18-6-2-3-7-18)14(19)12-10-11(15)4-5-13(12)16/h4-5,10H,2-3,6-9H2,1H3. The van der Waals surface area contributed by atoms with Crippen molar-refractivity contribution >= 4 is 17.5 Å². The average Bonchev–Trinajstić information content (AvgIpc) is 2.91. The van der Waals surface area contributed by atoms with Crippen LogP contribution in [-0.4, -0.2) is 48.9 Å². The van der Waals surface area contributed by atoms with Gasteiger partial charge in [0.15, 0.2) is 0 Å². The zero-order valence-electron chi connectivity index (χ0n) is 11.0. The number of likely N-dealkylation sites (tertiary alicyclic amines) is 1. The molecule has 104 valence electrons. The number of nitrogens with zero attached hydrogens (tertiary/aromatic N) is 2. The first kappa shape index (κ1) is 14.3. The van der Waals surface area contributed by atoms with Crippen LogP contribution in [0.2, 0.25) is 5.02 Å². The Hall–Kier alpha value is -1.13. The molecule has 1 aromatic carbocycles. The number of carbonyl (C=O) groups is 1. The van der Waals surface area contributed by atoms with Crippen LogP contribution in [0.3, 0.4) is 0 Å². The molecule has 0 aromatic heterocycles. The lowest BCUT2D eigenvalue weighted by atomic mass is 10.2. The zero-order chi connectivity index (χ0) is 13.8. The average molecular weight is 285 g/mol. The molecule has 0 bridgehead atoms. The van der Waals surface area contributed by atoms with Gasteiger partial charge < -0.3 is 9.80 Å². The van der Waals surface area contributed by atoms with Gasteiger partial charge in [0.05, 0.1) is 5.56 Å². The number of amides is 1. The maximum atomic E-state index is 13.6. The number of halogens is 2. The van der Waals surface area contributed by atoms with Crippen molar-refractivity contribution in [2.75, 3.05) is 33.2 Å². The molecule has 1 heterocycles. The van der Waals surface area contributed by atoms with Crippen LogP contribution in [-0.2, 0) is 0 Å². The minimum atomic E-state index is -0.526. The van der Waals surface area contributed by atoms with E-state index in [2.05, 4.69) is 4.90 Å². The lowest BCUT2D eigenvalue weighted by Crippen LogP contribution is -2.35. The van der Waals surface area contributed by atoms with E-state index in [-0.39, 0.29) is 11.5 Å². The van der Waals surface area contributed by atoms with Crippen molar-refractivity contribution in [3.63, 3.8) is 0 Å². The Morgan fingerprint density at radius 1 is 1.42 bits per heavy atom. The molecular weight excluding hydrogens is 267 g/mol. The first-order valence-corrected chi connectivity index (χ1v) is 6.88. The maximum absolute atomic E-state index is 13.6. The summed E-state index contributed by atoms with van der Waals surface area (Å²) in [4.78, 5) is 16.0. The van der Waals surface area contributed by atoms with Crippen molar-refractivity contribution in [1.82, 2.24) is 9.80 Å². The summed E-state index contributed by atoms with van der Waals surface area (Å²) in [6, 6.07) is 4.05. The Balaban J connectivity index is 1.95. The van der Waals surface area contributed by atoms with E-state index in [4.69, 9.17) is 11.6 Å². The lowest BCUT2D eigenvalue weighted by molar-refractivity contribution is 0.0777. The Labute approximate surface area is 117 Å². The monoisotopic (exact) mass is 284 g/mol. The summed E-state index contributed by atoms with van der Waals surface area (Å²) in [7, 11) is 1.69. The van der Waals surface area contributed by atoms with E-state index >= 15 is 0 Å². The van der Waals surface area contributed by atoms with Crippen LogP contribution >= 0.6 is 11.6 Å². The van der Waals surface area contributed by atoms with Gasteiger partial charge in [-0.2, -0.15) is 0 Å². The van der Waals surface area contributed by atoms with Crippen LogP contribution in [0.15, 0.2) is 18.2 Å². The SMILES string of the molecule is CN(CCN1CCCC1)C(=O)c1cc(Cl)ccc1F. The molecule has 5 heteroatoms. The van der Waals surface area contributed by atoms with Crippen LogP contribution < -0.4 is 0 Å². The molecule has 0 atom stereocenters. The second-order valence-corrected chi connectivity index (χ2v) is 5.34. The van der Waals surface area contributed by atoms with Gasteiger partial charge in [-0.1, -0.05) is 11.6 Å². The summed E-state index contributed by atoms with van der Waals surface area (Å²) in [5.74, 6) is -0.846. The van der Waals surface area contributed by atoms with E-state index in [9.17, 15) is 9.18 Å². The molecule has 1 saturated heterocycles. The zero-order valence-corrected chi connectivity index (χ0v) is 11.8. The minimum Gasteiger partial charge on any atom is -0.340 e. The van der Waals surface area contributed by atoms with Gasteiger partial charge in [0, 0.05) is 25.2 Å². The summed E-state index contributed by atoms with van der Waals surface area (Å²) < 4.78 is 13.6. The van der Waals surface area contributed by atoms with E-state index in [1.165, 1.54) is 31.0 Å². The van der Waals surface area contributed by atoms with Gasteiger partial charge in [0.1, 0.15) is 5.82 Å². The topological polar surface area (TPSA) is 23.6 Å². The Bertz CT molecular complexity index is 461. The van der Waals surface area contributed by atoms with E-state index in [1.54, 1.807) is 11.9 Å². The van der Waals surface area contributed by atoms with Gasteiger partial charge >= 0.3 is 0 Å². The number of likely N-dealkylation sites (N-methyl/N-ethyl adjacent to an activating group) is 1. The quantitative estimate of drug-likeness (QED) is 0.849. The van der Waals surface area contributed by atoms with Crippen LogP contribution in [0.5, 0.6) is 0 Å². The molecule has 0 spiro atoms. The van der Waals surface area contributed by atoms with Crippen molar-refractivity contribution in [3.05, 3.63) is 34.6 Å². The van der Waals surface area contributed by atoms with Gasteiger partial charge in [-0.3, -0.25) is 4.79 Å². The number of hydrogen-bond acceptors (Lipinski definition) is 2. The van der Waals surface area contributed by atoms with Gasteiger partial charge in [-0.15, -0.1) is 0 Å². The molecule has 0 unspecified atom stereocenters. The smallest absolute Gasteiger partial charge is 0.256 e. The molecule has 1 aliphatic heterocycles. The van der Waals surface area contributed by atoms with Crippen molar-refractivity contribution in [2.24, 2.45) is 0 Å². The fraction of sp³-hybridized carbons (Fsp3) is 0.500. The molecule has 1 fully saturated rings. The van der Waals surface area contributed by atoms with Crippen molar-refractivity contribution in [3.8, 4) is 0 Å². The number of benzene rings is 1. The number of hydrogen-bond donors (Lipinski definition) is 0. The molecule has 0 N–H and O–H groups in total. The molecule has 1 aromatic rings. The van der Waals surface area contributed by atoms with Crippen molar-refractivity contribution in [1.29, 1.82) is 0 Å². The van der Waals surface area contributed by atoms with Crippen molar-refractivity contribution in [2.45, 2.75) is 12.8 Å². The van der Waals surface area contributed by atoms with E-state index in [1.807, 2.05) is 0 Å². The van der Waals surface area contributed by atoms with Crippen LogP contribution in [0.25, 0.3) is 0 Å². The second kappa shape index (κ2) is 6.35. The van der Waals surface area contributed by atoms with Crippen molar-refractivity contribution < 1.29 is 9.18 Å². The predicted octanol–water partition coefficient (Wildman–Crippen LogP) is 2.65. The fourth-order valence-electron chi connectivity index (χ4n) is 2.27. The first-order chi connectivity index (χ1) is 9.08. The third kappa shape index (κ3) is 3.67. The highest BCUT2D eigenvalue weighted by atomic mass is 35.5. The van der Waals surface area contributed by atoms with Gasteiger partial charge in [0.2, 0.25) is 0 Å². The molecule has 0 aliphatic carbocycles. The highest BCUT2D eigenvalue weighted by molar-refractivity contribution is 6.30. The molecule has 1 amide bonds. The Morgan fingerprint density at radius 3 is 2.79 bits per heavy atom. The molecular formula is C14H18ClFN2O. The summed E-state index contributed by atoms with van der Waals surface area (Å²) in [5, 5.41) is 0.373. The highest BCUT2D eigenvalue weighted by Gasteiger charge is 2.18. The fourth-order valence-corrected chi connectivity index (χ4v) is 2.44. The first-order valence-electron chi connectivity index (χ1n) is 6.51. The molecule has 2 rings (SSSR count). The number of carbonyl (C=O) groups excluding carboxylic acids is 1. The maximum Gasteiger partial charge on any atom is 0.256 e. The van der Waals surface area contributed by atoms with E-state index in [0.717, 1.165) is 19.6 Å². The predicted molar refractivity (Wildman–Crippen MR) is 74.0 cm³/mol. The summed E-state index contributed by atoms with van der Waals surface area (Å²) in [6.07, 6.45) is 2.45. The van der Waals surface area contributed by atoms with Gasteiger partial charge in [0.25, 0.3) is 5.91 Å². The van der Waals surface area contributed by atoms with Gasteiger partial charge in [-0.05, 0) is 44.1 Å². The largest absolute Gasteiger partial charge is 0.340 e. The summed E-state index contributed by atoms with van der Waals surface area (Å²) in [5.41, 5.74) is 0.0384. The van der Waals surface area contributed by atoms with Crippen LogP contribution in [0.4, 0.5) is 4.39 Å².